The normalized spacial score (nSPS) is 29.8. The summed E-state index contributed by atoms with van der Waals surface area (Å²) in [6.07, 6.45) is 7.17. The summed E-state index contributed by atoms with van der Waals surface area (Å²) < 4.78 is 1.34. The first-order valence-corrected chi connectivity index (χ1v) is 8.00. The number of nitrogens with zero attached hydrogens (tertiary/aromatic N) is 2. The van der Waals surface area contributed by atoms with Crippen molar-refractivity contribution in [1.29, 1.82) is 0 Å². The average Bonchev–Trinajstić information content (AvgIpc) is 3.04. The third kappa shape index (κ3) is 1.94. The minimum absolute atomic E-state index is 0.636. The van der Waals surface area contributed by atoms with E-state index < -0.39 is 0 Å². The molecule has 2 aliphatic heterocycles. The highest BCUT2D eigenvalue weighted by molar-refractivity contribution is 7.17. The van der Waals surface area contributed by atoms with Gasteiger partial charge < -0.3 is 10.2 Å². The predicted octanol–water partition coefficient (Wildman–Crippen LogP) is 3.02. The minimum Gasteiger partial charge on any atom is -0.356 e. The van der Waals surface area contributed by atoms with Gasteiger partial charge in [-0.05, 0) is 43.2 Å². The molecule has 2 atom stereocenters. The summed E-state index contributed by atoms with van der Waals surface area (Å²) in [5, 5.41) is 7.18. The van der Waals surface area contributed by atoms with Gasteiger partial charge in [0.15, 0.2) is 0 Å². The quantitative estimate of drug-likeness (QED) is 0.911. The van der Waals surface area contributed by atoms with Gasteiger partial charge in [-0.2, -0.15) is 0 Å². The molecule has 3 nitrogen and oxygen atoms in total. The van der Waals surface area contributed by atoms with E-state index in [9.17, 15) is 0 Å². The van der Waals surface area contributed by atoms with Gasteiger partial charge in [0.2, 0.25) is 0 Å². The third-order valence-electron chi connectivity index (χ3n) is 4.69. The number of pyridine rings is 1. The Labute approximate surface area is 117 Å². The van der Waals surface area contributed by atoms with E-state index in [0.29, 0.717) is 6.04 Å². The lowest BCUT2D eigenvalue weighted by Gasteiger charge is -2.36. The second kappa shape index (κ2) is 4.46. The van der Waals surface area contributed by atoms with Crippen LogP contribution in [-0.2, 0) is 0 Å². The molecule has 2 saturated heterocycles. The summed E-state index contributed by atoms with van der Waals surface area (Å²) in [5.74, 6) is 1.16. The molecule has 2 aromatic rings. The number of fused-ring (bicyclic) bond motifs is 3. The van der Waals surface area contributed by atoms with Crippen molar-refractivity contribution in [2.75, 3.05) is 11.9 Å². The van der Waals surface area contributed by atoms with Gasteiger partial charge in [-0.3, -0.25) is 0 Å². The first-order valence-electron chi connectivity index (χ1n) is 7.12. The van der Waals surface area contributed by atoms with Gasteiger partial charge in [0, 0.05) is 41.5 Å². The number of hydrogen-bond donors (Lipinski definition) is 1. The highest BCUT2D eigenvalue weighted by Crippen LogP contribution is 2.34. The van der Waals surface area contributed by atoms with E-state index in [2.05, 4.69) is 39.8 Å². The van der Waals surface area contributed by atoms with Crippen LogP contribution >= 0.6 is 11.3 Å². The summed E-state index contributed by atoms with van der Waals surface area (Å²) in [7, 11) is 2.22. The summed E-state index contributed by atoms with van der Waals surface area (Å²) in [5.41, 5.74) is 0. The fraction of sp³-hybridized carbons (Fsp3) is 0.533. The van der Waals surface area contributed by atoms with Crippen LogP contribution in [0.15, 0.2) is 23.7 Å². The zero-order valence-corrected chi connectivity index (χ0v) is 12.0. The van der Waals surface area contributed by atoms with Gasteiger partial charge >= 0.3 is 0 Å². The van der Waals surface area contributed by atoms with Crippen LogP contribution < -0.4 is 10.2 Å². The molecule has 0 aromatic carbocycles. The van der Waals surface area contributed by atoms with E-state index in [1.807, 2.05) is 6.20 Å². The molecular formula is C15H19N3S. The van der Waals surface area contributed by atoms with E-state index in [0.717, 1.165) is 17.9 Å². The van der Waals surface area contributed by atoms with E-state index in [1.165, 1.54) is 35.8 Å². The largest absolute Gasteiger partial charge is 0.356 e. The van der Waals surface area contributed by atoms with Crippen molar-refractivity contribution < 1.29 is 0 Å². The molecule has 2 unspecified atom stereocenters. The number of thiophene rings is 1. The number of rotatable bonds is 2. The first kappa shape index (κ1) is 11.7. The van der Waals surface area contributed by atoms with Crippen molar-refractivity contribution in [3.05, 3.63) is 23.7 Å². The van der Waals surface area contributed by atoms with Crippen LogP contribution in [-0.4, -0.2) is 30.2 Å². The minimum atomic E-state index is 0.636. The number of aromatic nitrogens is 1. The van der Waals surface area contributed by atoms with Crippen molar-refractivity contribution in [1.82, 2.24) is 10.3 Å². The topological polar surface area (TPSA) is 28.2 Å². The fourth-order valence-corrected chi connectivity index (χ4v) is 4.45. The van der Waals surface area contributed by atoms with Crippen LogP contribution in [0, 0.1) is 0 Å². The highest BCUT2D eigenvalue weighted by Gasteiger charge is 2.35. The second-order valence-corrected chi connectivity index (χ2v) is 6.79. The molecule has 2 bridgehead atoms. The molecule has 4 heterocycles. The molecule has 19 heavy (non-hydrogen) atoms. The monoisotopic (exact) mass is 273 g/mol. The summed E-state index contributed by atoms with van der Waals surface area (Å²) in [6.45, 7) is 0. The lowest BCUT2D eigenvalue weighted by Crippen LogP contribution is -2.47. The summed E-state index contributed by atoms with van der Waals surface area (Å²) >= 11 is 1.80. The highest BCUT2D eigenvalue weighted by atomic mass is 32.1. The maximum absolute atomic E-state index is 4.64. The molecule has 0 saturated carbocycles. The zero-order valence-electron chi connectivity index (χ0n) is 11.2. The van der Waals surface area contributed by atoms with Gasteiger partial charge in [0.1, 0.15) is 5.82 Å². The van der Waals surface area contributed by atoms with Crippen LogP contribution in [0.4, 0.5) is 5.82 Å². The van der Waals surface area contributed by atoms with Crippen molar-refractivity contribution >= 4 is 27.2 Å². The Balaban J connectivity index is 1.66. The molecule has 100 valence electrons. The van der Waals surface area contributed by atoms with Crippen LogP contribution in [0.25, 0.3) is 10.1 Å². The van der Waals surface area contributed by atoms with Gasteiger partial charge in [-0.25, -0.2) is 4.98 Å². The van der Waals surface area contributed by atoms with E-state index >= 15 is 0 Å². The Kier molecular flexibility index (Phi) is 2.74. The first-order chi connectivity index (χ1) is 9.31. The molecule has 4 rings (SSSR count). The Morgan fingerprint density at radius 3 is 2.84 bits per heavy atom. The van der Waals surface area contributed by atoms with E-state index in [1.54, 1.807) is 11.3 Å². The Morgan fingerprint density at radius 2 is 2.05 bits per heavy atom. The van der Waals surface area contributed by atoms with Crippen molar-refractivity contribution in [2.45, 2.75) is 43.8 Å². The molecule has 2 aliphatic rings. The molecule has 1 N–H and O–H groups in total. The number of nitrogens with one attached hydrogen (secondary N) is 1. The van der Waals surface area contributed by atoms with Gasteiger partial charge in [-0.15, -0.1) is 11.3 Å². The zero-order chi connectivity index (χ0) is 12.8. The van der Waals surface area contributed by atoms with E-state index in [4.69, 9.17) is 0 Å². The predicted molar refractivity (Wildman–Crippen MR) is 81.0 cm³/mol. The van der Waals surface area contributed by atoms with Crippen molar-refractivity contribution in [3.63, 3.8) is 0 Å². The van der Waals surface area contributed by atoms with Gasteiger partial charge in [-0.1, -0.05) is 0 Å². The standard InChI is InChI=1S/C15H19N3S/c1-18(12-8-10-2-3-11(9-12)17-10)15-13-5-7-19-14(13)4-6-16-15/h4-7,10-12,17H,2-3,8-9H2,1H3. The molecule has 0 amide bonds. The molecule has 0 radical (unpaired) electrons. The number of hydrogen-bond acceptors (Lipinski definition) is 4. The summed E-state index contributed by atoms with van der Waals surface area (Å²) in [4.78, 5) is 7.05. The average molecular weight is 273 g/mol. The molecule has 0 aliphatic carbocycles. The van der Waals surface area contributed by atoms with Crippen LogP contribution in [0.3, 0.4) is 0 Å². The van der Waals surface area contributed by atoms with Gasteiger partial charge in [0.05, 0.1) is 0 Å². The van der Waals surface area contributed by atoms with Crippen molar-refractivity contribution in [3.8, 4) is 0 Å². The van der Waals surface area contributed by atoms with Crippen LogP contribution in [0.5, 0.6) is 0 Å². The molecule has 2 aromatic heterocycles. The fourth-order valence-electron chi connectivity index (χ4n) is 3.68. The molecule has 2 fully saturated rings. The molecule has 4 heteroatoms. The maximum Gasteiger partial charge on any atom is 0.137 e. The Morgan fingerprint density at radius 1 is 1.26 bits per heavy atom. The molecular weight excluding hydrogens is 254 g/mol. The van der Waals surface area contributed by atoms with Crippen LogP contribution in [0.2, 0.25) is 0 Å². The second-order valence-electron chi connectivity index (χ2n) is 5.84. The Hall–Kier alpha value is -1.13. The van der Waals surface area contributed by atoms with E-state index in [-0.39, 0.29) is 0 Å². The van der Waals surface area contributed by atoms with Crippen LogP contribution in [0.1, 0.15) is 25.7 Å². The maximum atomic E-state index is 4.64. The van der Waals surface area contributed by atoms with Gasteiger partial charge in [0.25, 0.3) is 0 Å². The lowest BCUT2D eigenvalue weighted by atomic mass is 9.98. The smallest absolute Gasteiger partial charge is 0.137 e. The SMILES string of the molecule is CN(c1nccc2sccc12)C1CC2CCC(C1)N2. The Bertz CT molecular complexity index is 582. The summed E-state index contributed by atoms with van der Waals surface area (Å²) in [6, 6.07) is 6.41. The lowest BCUT2D eigenvalue weighted by molar-refractivity contribution is 0.354. The number of anilines is 1. The third-order valence-corrected chi connectivity index (χ3v) is 5.57. The number of piperidine rings is 1. The molecule has 0 spiro atoms. The van der Waals surface area contributed by atoms with Crippen molar-refractivity contribution in [2.24, 2.45) is 0 Å².